The van der Waals surface area contributed by atoms with Gasteiger partial charge in [0.05, 0.1) is 14.2 Å². The van der Waals surface area contributed by atoms with Crippen LogP contribution in [0.4, 0.5) is 0 Å². The number of ether oxygens (including phenoxy) is 2. The molecular weight excluding hydrogens is 310 g/mol. The number of methoxy groups -OCH3 is 2. The third kappa shape index (κ3) is 2.30. The van der Waals surface area contributed by atoms with Crippen LogP contribution in [0.2, 0.25) is 0 Å². The first-order valence-corrected chi connectivity index (χ1v) is 7.81. The van der Waals surface area contributed by atoms with E-state index in [1.54, 1.807) is 14.2 Å². The zero-order valence-electron chi connectivity index (χ0n) is 13.8. The average molecular weight is 332 g/mol. The Bertz CT molecular complexity index is 744. The molecule has 0 saturated heterocycles. The Morgan fingerprint density at radius 2 is 1.87 bits per heavy atom. The average Bonchev–Trinajstić information content (AvgIpc) is 2.57. The fourth-order valence-electron chi connectivity index (χ4n) is 4.00. The minimum atomic E-state index is 0. The van der Waals surface area contributed by atoms with Gasteiger partial charge in [-0.05, 0) is 48.2 Å². The highest BCUT2D eigenvalue weighted by molar-refractivity contribution is 5.85. The molecule has 2 aromatic rings. The Morgan fingerprint density at radius 3 is 2.61 bits per heavy atom. The van der Waals surface area contributed by atoms with E-state index < -0.39 is 0 Å². The van der Waals surface area contributed by atoms with Gasteiger partial charge in [-0.15, -0.1) is 12.4 Å². The van der Waals surface area contributed by atoms with Crippen molar-refractivity contribution in [2.75, 3.05) is 27.8 Å². The molecule has 0 spiro atoms. The summed E-state index contributed by atoms with van der Waals surface area (Å²) in [7, 11) is 5.68. The number of fused-ring (bicyclic) bond motifs is 2. The van der Waals surface area contributed by atoms with Crippen LogP contribution in [0, 0.1) is 0 Å². The Hall–Kier alpha value is -1.71. The molecular formula is C19H22ClNO2. The smallest absolute Gasteiger partial charge is 0.168 e. The molecule has 122 valence electrons. The molecule has 2 aromatic carbocycles. The molecule has 1 atom stereocenters. The summed E-state index contributed by atoms with van der Waals surface area (Å²) in [4.78, 5) is 2.47. The number of halogens is 1. The van der Waals surface area contributed by atoms with E-state index in [1.165, 1.54) is 27.8 Å². The lowest BCUT2D eigenvalue weighted by Crippen LogP contribution is -2.35. The number of hydrogen-bond donors (Lipinski definition) is 0. The van der Waals surface area contributed by atoms with Crippen molar-refractivity contribution < 1.29 is 9.47 Å². The van der Waals surface area contributed by atoms with Crippen molar-refractivity contribution in [3.8, 4) is 22.6 Å². The summed E-state index contributed by atoms with van der Waals surface area (Å²) in [6.45, 7) is 1.09. The highest BCUT2D eigenvalue weighted by Crippen LogP contribution is 2.51. The number of rotatable bonds is 2. The van der Waals surface area contributed by atoms with Gasteiger partial charge in [-0.25, -0.2) is 0 Å². The highest BCUT2D eigenvalue weighted by atomic mass is 35.5. The maximum Gasteiger partial charge on any atom is 0.168 e. The summed E-state index contributed by atoms with van der Waals surface area (Å²) in [5.41, 5.74) is 6.76. The van der Waals surface area contributed by atoms with E-state index in [-0.39, 0.29) is 12.4 Å². The highest BCUT2D eigenvalue weighted by Gasteiger charge is 2.35. The second kappa shape index (κ2) is 6.06. The molecule has 2 aliphatic rings. The van der Waals surface area contributed by atoms with Crippen molar-refractivity contribution in [2.24, 2.45) is 0 Å². The van der Waals surface area contributed by atoms with E-state index in [9.17, 15) is 0 Å². The Balaban J connectivity index is 0.00000156. The van der Waals surface area contributed by atoms with Gasteiger partial charge in [0, 0.05) is 18.2 Å². The molecule has 4 rings (SSSR count). The Labute approximate surface area is 143 Å². The van der Waals surface area contributed by atoms with Crippen LogP contribution < -0.4 is 9.47 Å². The largest absolute Gasteiger partial charge is 0.493 e. The normalized spacial score (nSPS) is 18.5. The van der Waals surface area contributed by atoms with Crippen LogP contribution >= 0.6 is 12.4 Å². The molecule has 0 fully saturated rings. The lowest BCUT2D eigenvalue weighted by atomic mass is 9.76. The van der Waals surface area contributed by atoms with Crippen molar-refractivity contribution in [3.63, 3.8) is 0 Å². The topological polar surface area (TPSA) is 21.7 Å². The first kappa shape index (κ1) is 16.2. The van der Waals surface area contributed by atoms with Crippen LogP contribution in [0.1, 0.15) is 22.7 Å². The van der Waals surface area contributed by atoms with Gasteiger partial charge in [0.15, 0.2) is 11.5 Å². The van der Waals surface area contributed by atoms with Gasteiger partial charge >= 0.3 is 0 Å². The lowest BCUT2D eigenvalue weighted by molar-refractivity contribution is 0.226. The molecule has 0 bridgehead atoms. The summed E-state index contributed by atoms with van der Waals surface area (Å²) in [5.74, 6) is 1.71. The summed E-state index contributed by atoms with van der Waals surface area (Å²) < 4.78 is 11.4. The molecule has 4 heteroatoms. The van der Waals surface area contributed by atoms with Crippen LogP contribution in [0.3, 0.4) is 0 Å². The Kier molecular flexibility index (Phi) is 4.26. The summed E-state index contributed by atoms with van der Waals surface area (Å²) >= 11 is 0. The van der Waals surface area contributed by atoms with Gasteiger partial charge in [0.1, 0.15) is 0 Å². The summed E-state index contributed by atoms with van der Waals surface area (Å²) in [6.07, 6.45) is 2.14. The van der Waals surface area contributed by atoms with Crippen LogP contribution in [0.5, 0.6) is 11.5 Å². The van der Waals surface area contributed by atoms with Crippen LogP contribution in [0.25, 0.3) is 11.1 Å². The fraction of sp³-hybridized carbons (Fsp3) is 0.368. The molecule has 0 radical (unpaired) electrons. The zero-order chi connectivity index (χ0) is 15.3. The lowest BCUT2D eigenvalue weighted by Gasteiger charge is -2.40. The van der Waals surface area contributed by atoms with Gasteiger partial charge in [0.25, 0.3) is 0 Å². The molecule has 1 aliphatic heterocycles. The molecule has 1 aliphatic carbocycles. The van der Waals surface area contributed by atoms with E-state index in [4.69, 9.17) is 9.47 Å². The van der Waals surface area contributed by atoms with Gasteiger partial charge in [0.2, 0.25) is 0 Å². The SMILES string of the molecule is COc1cc2c3c(c1OC)-c1ccccc1C[C@H]3N(C)CC2.Cl. The van der Waals surface area contributed by atoms with Crippen LogP contribution in [0.15, 0.2) is 30.3 Å². The summed E-state index contributed by atoms with van der Waals surface area (Å²) in [6, 6.07) is 11.3. The first-order chi connectivity index (χ1) is 10.7. The number of benzene rings is 2. The van der Waals surface area contributed by atoms with Crippen molar-refractivity contribution in [2.45, 2.75) is 18.9 Å². The third-order valence-electron chi connectivity index (χ3n) is 5.09. The predicted octanol–water partition coefficient (Wildman–Crippen LogP) is 3.88. The standard InChI is InChI=1S/C19H21NO2.ClH/c1-20-9-8-13-11-16(21-2)19(22-3)18-14-7-5-4-6-12(14)10-15(20)17(13)18;/h4-7,11,15H,8-10H2,1-3H3;1H/t15-;/m1./s1. The molecule has 3 nitrogen and oxygen atoms in total. The third-order valence-corrected chi connectivity index (χ3v) is 5.09. The van der Waals surface area contributed by atoms with E-state index in [2.05, 4.69) is 42.3 Å². The van der Waals surface area contributed by atoms with Crippen molar-refractivity contribution in [3.05, 3.63) is 47.0 Å². The molecule has 23 heavy (non-hydrogen) atoms. The maximum absolute atomic E-state index is 5.76. The zero-order valence-corrected chi connectivity index (χ0v) is 14.6. The van der Waals surface area contributed by atoms with E-state index >= 15 is 0 Å². The minimum absolute atomic E-state index is 0. The number of nitrogens with zero attached hydrogens (tertiary/aromatic N) is 1. The second-order valence-corrected chi connectivity index (χ2v) is 6.17. The maximum atomic E-state index is 5.76. The predicted molar refractivity (Wildman–Crippen MR) is 95.0 cm³/mol. The molecule has 0 N–H and O–H groups in total. The van der Waals surface area contributed by atoms with E-state index in [0.29, 0.717) is 6.04 Å². The number of hydrogen-bond acceptors (Lipinski definition) is 3. The van der Waals surface area contributed by atoms with Crippen LogP contribution in [-0.2, 0) is 12.8 Å². The van der Waals surface area contributed by atoms with E-state index in [1.807, 2.05) is 0 Å². The molecule has 0 unspecified atom stereocenters. The van der Waals surface area contributed by atoms with Gasteiger partial charge < -0.3 is 9.47 Å². The fourth-order valence-corrected chi connectivity index (χ4v) is 4.00. The van der Waals surface area contributed by atoms with Gasteiger partial charge in [-0.2, -0.15) is 0 Å². The second-order valence-electron chi connectivity index (χ2n) is 6.17. The minimum Gasteiger partial charge on any atom is -0.493 e. The van der Waals surface area contributed by atoms with Crippen LogP contribution in [-0.4, -0.2) is 32.7 Å². The van der Waals surface area contributed by atoms with Crippen molar-refractivity contribution in [1.29, 1.82) is 0 Å². The number of likely N-dealkylation sites (N-methyl/N-ethyl adjacent to an activating group) is 1. The first-order valence-electron chi connectivity index (χ1n) is 7.81. The molecule has 0 aromatic heterocycles. The summed E-state index contributed by atoms with van der Waals surface area (Å²) in [5, 5.41) is 0. The van der Waals surface area contributed by atoms with Gasteiger partial charge in [-0.1, -0.05) is 24.3 Å². The quantitative estimate of drug-likeness (QED) is 0.833. The Morgan fingerprint density at radius 1 is 1.09 bits per heavy atom. The molecule has 0 amide bonds. The van der Waals surface area contributed by atoms with E-state index in [0.717, 1.165) is 30.9 Å². The monoisotopic (exact) mass is 331 g/mol. The van der Waals surface area contributed by atoms with Crippen molar-refractivity contribution in [1.82, 2.24) is 4.90 Å². The molecule has 1 heterocycles. The van der Waals surface area contributed by atoms with Crippen molar-refractivity contribution >= 4 is 12.4 Å². The molecule has 0 saturated carbocycles. The van der Waals surface area contributed by atoms with Gasteiger partial charge in [-0.3, -0.25) is 4.90 Å².